The minimum atomic E-state index is 1.22. The monoisotopic (exact) mass is 287 g/mol. The fraction of sp³-hybridized carbons (Fsp3) is 0.143. The minimum absolute atomic E-state index is 1.22. The van der Waals surface area contributed by atoms with E-state index in [2.05, 4.69) is 98.7 Å². The summed E-state index contributed by atoms with van der Waals surface area (Å²) in [6.45, 7) is 2.21. The molecule has 0 bridgehead atoms. The molecule has 0 saturated heterocycles. The van der Waals surface area contributed by atoms with Crippen molar-refractivity contribution >= 4 is 5.69 Å². The first-order valence-corrected chi connectivity index (χ1v) is 7.59. The van der Waals surface area contributed by atoms with Crippen molar-refractivity contribution in [2.24, 2.45) is 0 Å². The van der Waals surface area contributed by atoms with E-state index < -0.39 is 0 Å². The molecule has 0 unspecified atom stereocenters. The average molecular weight is 287 g/mol. The van der Waals surface area contributed by atoms with Gasteiger partial charge in [0.1, 0.15) is 0 Å². The average Bonchev–Trinajstić information content (AvgIpc) is 2.56. The Morgan fingerprint density at radius 3 is 1.68 bits per heavy atom. The zero-order chi connectivity index (χ0) is 15.5. The van der Waals surface area contributed by atoms with Crippen molar-refractivity contribution in [3.8, 4) is 22.3 Å². The van der Waals surface area contributed by atoms with Crippen LogP contribution in [-0.2, 0) is 0 Å². The van der Waals surface area contributed by atoms with Crippen molar-refractivity contribution in [3.05, 3.63) is 78.4 Å². The second-order valence-electron chi connectivity index (χ2n) is 5.79. The Labute approximate surface area is 132 Å². The zero-order valence-corrected chi connectivity index (χ0v) is 13.4. The summed E-state index contributed by atoms with van der Waals surface area (Å²) in [6.07, 6.45) is 0. The van der Waals surface area contributed by atoms with E-state index in [1.165, 1.54) is 33.5 Å². The third-order valence-corrected chi connectivity index (χ3v) is 4.11. The van der Waals surface area contributed by atoms with Gasteiger partial charge in [-0.25, -0.2) is 0 Å². The number of nitrogens with zero attached hydrogens (tertiary/aromatic N) is 1. The third-order valence-electron chi connectivity index (χ3n) is 4.11. The Hall–Kier alpha value is -2.54. The molecule has 22 heavy (non-hydrogen) atoms. The number of hydrogen-bond acceptors (Lipinski definition) is 1. The van der Waals surface area contributed by atoms with Gasteiger partial charge in [-0.3, -0.25) is 0 Å². The molecule has 0 aromatic heterocycles. The van der Waals surface area contributed by atoms with Crippen molar-refractivity contribution in [1.82, 2.24) is 0 Å². The molecule has 0 aliphatic rings. The molecule has 0 aliphatic heterocycles. The lowest BCUT2D eigenvalue weighted by molar-refractivity contribution is 1.13. The van der Waals surface area contributed by atoms with Crippen molar-refractivity contribution in [3.63, 3.8) is 0 Å². The quantitative estimate of drug-likeness (QED) is 0.624. The predicted molar refractivity (Wildman–Crippen MR) is 96.4 cm³/mol. The van der Waals surface area contributed by atoms with Gasteiger partial charge in [0.15, 0.2) is 0 Å². The van der Waals surface area contributed by atoms with Crippen LogP contribution in [0.25, 0.3) is 22.3 Å². The Morgan fingerprint density at radius 1 is 0.591 bits per heavy atom. The molecule has 0 aliphatic carbocycles. The number of rotatable bonds is 3. The van der Waals surface area contributed by atoms with Gasteiger partial charge in [0.05, 0.1) is 0 Å². The first-order valence-electron chi connectivity index (χ1n) is 7.59. The molecular weight excluding hydrogens is 266 g/mol. The molecule has 1 heteroatoms. The highest BCUT2D eigenvalue weighted by atomic mass is 15.1. The van der Waals surface area contributed by atoms with Gasteiger partial charge < -0.3 is 4.90 Å². The predicted octanol–water partition coefficient (Wildman–Crippen LogP) is 5.40. The zero-order valence-electron chi connectivity index (χ0n) is 13.4. The van der Waals surface area contributed by atoms with E-state index >= 15 is 0 Å². The van der Waals surface area contributed by atoms with Gasteiger partial charge in [0.25, 0.3) is 0 Å². The van der Waals surface area contributed by atoms with E-state index in [9.17, 15) is 0 Å². The van der Waals surface area contributed by atoms with E-state index in [0.29, 0.717) is 0 Å². The molecule has 1 nitrogen and oxygen atoms in total. The molecule has 0 radical (unpaired) electrons. The smallest absolute Gasteiger partial charge is 0.0361 e. The van der Waals surface area contributed by atoms with Crippen LogP contribution in [0.15, 0.2) is 72.8 Å². The van der Waals surface area contributed by atoms with Crippen LogP contribution in [0.1, 0.15) is 5.56 Å². The van der Waals surface area contributed by atoms with Crippen LogP contribution in [0.4, 0.5) is 5.69 Å². The molecule has 3 aromatic carbocycles. The van der Waals surface area contributed by atoms with Crippen LogP contribution in [0.2, 0.25) is 0 Å². The van der Waals surface area contributed by atoms with Crippen LogP contribution in [0.3, 0.4) is 0 Å². The summed E-state index contributed by atoms with van der Waals surface area (Å²) in [4.78, 5) is 2.12. The molecule has 0 heterocycles. The summed E-state index contributed by atoms with van der Waals surface area (Å²) in [5.41, 5.74) is 7.68. The number of anilines is 1. The van der Waals surface area contributed by atoms with Crippen LogP contribution in [-0.4, -0.2) is 14.1 Å². The fourth-order valence-electron chi connectivity index (χ4n) is 2.82. The number of hydrogen-bond donors (Lipinski definition) is 0. The summed E-state index contributed by atoms with van der Waals surface area (Å²) in [7, 11) is 4.13. The Kier molecular flexibility index (Phi) is 3.97. The molecule has 0 spiro atoms. The highest BCUT2D eigenvalue weighted by molar-refractivity contribution is 5.78. The maximum absolute atomic E-state index is 2.21. The molecule has 0 amide bonds. The normalized spacial score (nSPS) is 10.5. The molecule has 0 saturated carbocycles. The van der Waals surface area contributed by atoms with E-state index in [-0.39, 0.29) is 0 Å². The lowest BCUT2D eigenvalue weighted by atomic mass is 9.93. The molecular formula is C21H21N. The van der Waals surface area contributed by atoms with Gasteiger partial charge in [-0.05, 0) is 46.9 Å². The minimum Gasteiger partial charge on any atom is -0.378 e. The van der Waals surface area contributed by atoms with E-state index in [1.54, 1.807) is 0 Å². The second-order valence-corrected chi connectivity index (χ2v) is 5.79. The fourth-order valence-corrected chi connectivity index (χ4v) is 2.82. The first kappa shape index (κ1) is 14.4. The van der Waals surface area contributed by atoms with Crippen molar-refractivity contribution in [1.29, 1.82) is 0 Å². The summed E-state index contributed by atoms with van der Waals surface area (Å²) in [5, 5.41) is 0. The van der Waals surface area contributed by atoms with Gasteiger partial charge >= 0.3 is 0 Å². The summed E-state index contributed by atoms with van der Waals surface area (Å²) < 4.78 is 0. The van der Waals surface area contributed by atoms with Gasteiger partial charge in [0.2, 0.25) is 0 Å². The molecule has 0 N–H and O–H groups in total. The lowest BCUT2D eigenvalue weighted by Gasteiger charge is -2.15. The first-order chi connectivity index (χ1) is 10.7. The molecule has 0 atom stereocenters. The molecule has 0 fully saturated rings. The summed E-state index contributed by atoms with van der Waals surface area (Å²) in [6, 6.07) is 25.9. The Balaban J connectivity index is 2.05. The van der Waals surface area contributed by atoms with E-state index in [0.717, 1.165) is 0 Å². The van der Waals surface area contributed by atoms with Gasteiger partial charge in [0, 0.05) is 19.8 Å². The van der Waals surface area contributed by atoms with Gasteiger partial charge in [-0.15, -0.1) is 0 Å². The van der Waals surface area contributed by atoms with Crippen molar-refractivity contribution in [2.75, 3.05) is 19.0 Å². The van der Waals surface area contributed by atoms with Crippen molar-refractivity contribution < 1.29 is 0 Å². The Morgan fingerprint density at radius 2 is 1.14 bits per heavy atom. The van der Waals surface area contributed by atoms with Crippen molar-refractivity contribution in [2.45, 2.75) is 6.92 Å². The highest BCUT2D eigenvalue weighted by Gasteiger charge is 2.08. The van der Waals surface area contributed by atoms with Crippen LogP contribution < -0.4 is 4.90 Å². The lowest BCUT2D eigenvalue weighted by Crippen LogP contribution is -2.07. The standard InChI is InChI=1S/C21H21N/c1-16-20(17-8-5-4-6-9-17)10-7-11-21(16)18-12-14-19(15-13-18)22(2)3/h4-15H,1-3H3. The topological polar surface area (TPSA) is 3.24 Å². The largest absolute Gasteiger partial charge is 0.378 e. The maximum Gasteiger partial charge on any atom is 0.0361 e. The van der Waals surface area contributed by atoms with Crippen LogP contribution in [0.5, 0.6) is 0 Å². The summed E-state index contributed by atoms with van der Waals surface area (Å²) >= 11 is 0. The van der Waals surface area contributed by atoms with Crippen LogP contribution >= 0.6 is 0 Å². The third kappa shape index (κ3) is 2.75. The van der Waals surface area contributed by atoms with Gasteiger partial charge in [-0.1, -0.05) is 60.7 Å². The number of benzene rings is 3. The highest BCUT2D eigenvalue weighted by Crippen LogP contribution is 2.32. The maximum atomic E-state index is 2.21. The second kappa shape index (κ2) is 6.07. The molecule has 3 rings (SSSR count). The molecule has 110 valence electrons. The van der Waals surface area contributed by atoms with Gasteiger partial charge in [-0.2, -0.15) is 0 Å². The Bertz CT molecular complexity index is 756. The summed E-state index contributed by atoms with van der Waals surface area (Å²) in [5.74, 6) is 0. The SMILES string of the molecule is Cc1c(-c2ccccc2)cccc1-c1ccc(N(C)C)cc1. The van der Waals surface area contributed by atoms with E-state index in [1.807, 2.05) is 0 Å². The van der Waals surface area contributed by atoms with Crippen LogP contribution in [0, 0.1) is 6.92 Å². The van der Waals surface area contributed by atoms with E-state index in [4.69, 9.17) is 0 Å². The molecule has 3 aromatic rings.